The Morgan fingerprint density at radius 3 is 2.48 bits per heavy atom. The number of nitrogens with two attached hydrogens (primary N) is 1. The normalized spacial score (nSPS) is 10.7. The Balaban J connectivity index is 2.23. The molecule has 0 aliphatic rings. The Hall–Kier alpha value is -1.16. The molecule has 0 spiro atoms. The molecule has 0 fully saturated rings. The molecular formula is C17H21ClN2S. The molecule has 2 rings (SSSR count). The van der Waals surface area contributed by atoms with Gasteiger partial charge in [0.05, 0.1) is 0 Å². The molecule has 0 atom stereocenters. The van der Waals surface area contributed by atoms with Crippen LogP contribution >= 0.6 is 23.4 Å². The van der Waals surface area contributed by atoms with Crippen LogP contribution in [-0.2, 0) is 13.1 Å². The highest BCUT2D eigenvalue weighted by molar-refractivity contribution is 7.99. The predicted molar refractivity (Wildman–Crippen MR) is 94.3 cm³/mol. The van der Waals surface area contributed by atoms with Crippen molar-refractivity contribution >= 4 is 29.1 Å². The Bertz CT molecular complexity index is 584. The predicted octanol–water partition coefficient (Wildman–Crippen LogP) is 4.55. The SMILES string of the molecule is CCSc1cccc(N(C)Cc2ccc(Cl)cc2)c1CN. The van der Waals surface area contributed by atoms with Crippen LogP contribution in [0.25, 0.3) is 0 Å². The summed E-state index contributed by atoms with van der Waals surface area (Å²) in [7, 11) is 2.10. The molecule has 2 N–H and O–H groups in total. The smallest absolute Gasteiger partial charge is 0.0426 e. The molecule has 2 nitrogen and oxygen atoms in total. The van der Waals surface area contributed by atoms with E-state index < -0.39 is 0 Å². The first-order valence-corrected chi connectivity index (χ1v) is 8.42. The second kappa shape index (κ2) is 7.74. The summed E-state index contributed by atoms with van der Waals surface area (Å²) in [5, 5.41) is 0.769. The molecule has 0 aliphatic heterocycles. The molecule has 0 saturated heterocycles. The van der Waals surface area contributed by atoms with Gasteiger partial charge in [-0.25, -0.2) is 0 Å². The molecule has 21 heavy (non-hydrogen) atoms. The van der Waals surface area contributed by atoms with Gasteiger partial charge in [0.15, 0.2) is 0 Å². The molecule has 0 heterocycles. The van der Waals surface area contributed by atoms with Gasteiger partial charge in [-0.05, 0) is 35.6 Å². The van der Waals surface area contributed by atoms with Crippen molar-refractivity contribution in [2.45, 2.75) is 24.9 Å². The van der Waals surface area contributed by atoms with Crippen LogP contribution in [0.3, 0.4) is 0 Å². The Morgan fingerprint density at radius 2 is 1.86 bits per heavy atom. The molecule has 0 radical (unpaired) electrons. The van der Waals surface area contributed by atoms with Crippen molar-refractivity contribution in [1.29, 1.82) is 0 Å². The lowest BCUT2D eigenvalue weighted by Gasteiger charge is -2.24. The highest BCUT2D eigenvalue weighted by Gasteiger charge is 2.11. The molecule has 0 bridgehead atoms. The molecule has 4 heteroatoms. The van der Waals surface area contributed by atoms with Crippen LogP contribution in [0.1, 0.15) is 18.1 Å². The van der Waals surface area contributed by atoms with Crippen molar-refractivity contribution in [3.63, 3.8) is 0 Å². The number of anilines is 1. The van der Waals surface area contributed by atoms with Gasteiger partial charge in [0, 0.05) is 41.3 Å². The van der Waals surface area contributed by atoms with Crippen molar-refractivity contribution in [3.8, 4) is 0 Å². The monoisotopic (exact) mass is 320 g/mol. The maximum absolute atomic E-state index is 5.98. The van der Waals surface area contributed by atoms with E-state index in [1.807, 2.05) is 23.9 Å². The van der Waals surface area contributed by atoms with Crippen molar-refractivity contribution < 1.29 is 0 Å². The number of hydrogen-bond acceptors (Lipinski definition) is 3. The first-order chi connectivity index (χ1) is 10.2. The van der Waals surface area contributed by atoms with Crippen LogP contribution in [0.5, 0.6) is 0 Å². The number of thioether (sulfide) groups is 1. The molecule has 0 amide bonds. The van der Waals surface area contributed by atoms with E-state index in [2.05, 4.69) is 49.2 Å². The second-order valence-corrected chi connectivity index (χ2v) is 6.62. The Labute approximate surface area is 136 Å². The fourth-order valence-electron chi connectivity index (χ4n) is 2.36. The van der Waals surface area contributed by atoms with Gasteiger partial charge >= 0.3 is 0 Å². The zero-order valence-corrected chi connectivity index (χ0v) is 14.0. The van der Waals surface area contributed by atoms with Crippen molar-refractivity contribution in [2.24, 2.45) is 5.73 Å². The van der Waals surface area contributed by atoms with E-state index in [-0.39, 0.29) is 0 Å². The number of hydrogen-bond donors (Lipinski definition) is 1. The highest BCUT2D eigenvalue weighted by Crippen LogP contribution is 2.30. The van der Waals surface area contributed by atoms with E-state index in [1.165, 1.54) is 21.7 Å². The van der Waals surface area contributed by atoms with Gasteiger partial charge in [-0.3, -0.25) is 0 Å². The zero-order valence-electron chi connectivity index (χ0n) is 12.5. The van der Waals surface area contributed by atoms with Gasteiger partial charge in [0.1, 0.15) is 0 Å². The molecular weight excluding hydrogens is 300 g/mol. The van der Waals surface area contributed by atoms with Gasteiger partial charge in [0.2, 0.25) is 0 Å². The fraction of sp³-hybridized carbons (Fsp3) is 0.294. The largest absolute Gasteiger partial charge is 0.370 e. The molecule has 0 unspecified atom stereocenters. The number of rotatable bonds is 6. The lowest BCUT2D eigenvalue weighted by Crippen LogP contribution is -2.19. The molecule has 2 aromatic carbocycles. The van der Waals surface area contributed by atoms with E-state index in [0.29, 0.717) is 6.54 Å². The summed E-state index contributed by atoms with van der Waals surface area (Å²) in [6.45, 7) is 3.56. The summed E-state index contributed by atoms with van der Waals surface area (Å²) in [5.74, 6) is 1.05. The summed E-state index contributed by atoms with van der Waals surface area (Å²) in [4.78, 5) is 3.52. The first-order valence-electron chi connectivity index (χ1n) is 7.06. The van der Waals surface area contributed by atoms with Gasteiger partial charge < -0.3 is 10.6 Å². The van der Waals surface area contributed by atoms with E-state index in [1.54, 1.807) is 0 Å². The number of nitrogens with zero attached hydrogens (tertiary/aromatic N) is 1. The van der Waals surface area contributed by atoms with Gasteiger partial charge in [0.25, 0.3) is 0 Å². The van der Waals surface area contributed by atoms with Crippen molar-refractivity contribution in [3.05, 3.63) is 58.6 Å². The van der Waals surface area contributed by atoms with Crippen LogP contribution in [0.4, 0.5) is 5.69 Å². The van der Waals surface area contributed by atoms with Crippen LogP contribution in [0.15, 0.2) is 47.4 Å². The minimum Gasteiger partial charge on any atom is -0.370 e. The molecule has 0 aliphatic carbocycles. The second-order valence-electron chi connectivity index (χ2n) is 4.87. The average molecular weight is 321 g/mol. The maximum Gasteiger partial charge on any atom is 0.0426 e. The maximum atomic E-state index is 5.98. The van der Waals surface area contributed by atoms with Crippen molar-refractivity contribution in [2.75, 3.05) is 17.7 Å². The fourth-order valence-corrected chi connectivity index (χ4v) is 3.33. The Kier molecular flexibility index (Phi) is 5.97. The Morgan fingerprint density at radius 1 is 1.14 bits per heavy atom. The van der Waals surface area contributed by atoms with E-state index >= 15 is 0 Å². The van der Waals surface area contributed by atoms with Gasteiger partial charge in [-0.2, -0.15) is 0 Å². The number of benzene rings is 2. The summed E-state index contributed by atoms with van der Waals surface area (Å²) >= 11 is 7.78. The lowest BCUT2D eigenvalue weighted by atomic mass is 10.1. The zero-order chi connectivity index (χ0) is 15.2. The third-order valence-corrected chi connectivity index (χ3v) is 4.59. The summed E-state index contributed by atoms with van der Waals surface area (Å²) in [6, 6.07) is 14.4. The lowest BCUT2D eigenvalue weighted by molar-refractivity contribution is 0.894. The third-order valence-electron chi connectivity index (χ3n) is 3.36. The van der Waals surface area contributed by atoms with Crippen molar-refractivity contribution in [1.82, 2.24) is 0 Å². The first kappa shape index (κ1) is 16.2. The van der Waals surface area contributed by atoms with E-state index in [9.17, 15) is 0 Å². The molecule has 0 saturated carbocycles. The standard InChI is InChI=1S/C17H21ClN2S/c1-3-21-17-6-4-5-16(15(17)11-19)20(2)12-13-7-9-14(18)10-8-13/h4-10H,3,11-12,19H2,1-2H3. The van der Waals surface area contributed by atoms with Gasteiger partial charge in [-0.15, -0.1) is 11.8 Å². The molecule has 112 valence electrons. The summed E-state index contributed by atoms with van der Waals surface area (Å²) < 4.78 is 0. The van der Waals surface area contributed by atoms with Crippen LogP contribution < -0.4 is 10.6 Å². The minimum atomic E-state index is 0.559. The quantitative estimate of drug-likeness (QED) is 0.792. The third kappa shape index (κ3) is 4.16. The van der Waals surface area contributed by atoms with E-state index in [0.717, 1.165) is 17.3 Å². The van der Waals surface area contributed by atoms with Crippen LogP contribution in [-0.4, -0.2) is 12.8 Å². The topological polar surface area (TPSA) is 29.3 Å². The minimum absolute atomic E-state index is 0.559. The molecule has 2 aromatic rings. The van der Waals surface area contributed by atoms with E-state index in [4.69, 9.17) is 17.3 Å². The molecule has 0 aromatic heterocycles. The highest BCUT2D eigenvalue weighted by atomic mass is 35.5. The number of halogens is 1. The summed E-state index contributed by atoms with van der Waals surface area (Å²) in [5.41, 5.74) is 9.63. The van der Waals surface area contributed by atoms with Crippen LogP contribution in [0.2, 0.25) is 5.02 Å². The average Bonchev–Trinajstić information content (AvgIpc) is 2.49. The van der Waals surface area contributed by atoms with Crippen LogP contribution in [0, 0.1) is 0 Å². The van der Waals surface area contributed by atoms with Gasteiger partial charge in [-0.1, -0.05) is 36.7 Å². The summed E-state index contributed by atoms with van der Waals surface area (Å²) in [6.07, 6.45) is 0.